The minimum absolute atomic E-state index is 0.0502. The van der Waals surface area contributed by atoms with Gasteiger partial charge in [-0.2, -0.15) is 0 Å². The van der Waals surface area contributed by atoms with Crippen LogP contribution >= 0.6 is 15.9 Å². The summed E-state index contributed by atoms with van der Waals surface area (Å²) >= 11 is 3.26. The number of hydrogen-bond acceptors (Lipinski definition) is 1. The van der Waals surface area contributed by atoms with Crippen molar-refractivity contribution in [2.24, 2.45) is 0 Å². The van der Waals surface area contributed by atoms with Crippen molar-refractivity contribution in [2.75, 3.05) is 0 Å². The maximum atomic E-state index is 12.9. The maximum absolute atomic E-state index is 12.9. The van der Waals surface area contributed by atoms with Gasteiger partial charge in [0.25, 0.3) is 0 Å². The normalized spacial score (nSPS) is 19.5. The van der Waals surface area contributed by atoms with E-state index in [0.29, 0.717) is 4.47 Å². The molecule has 1 nitrogen and oxygen atoms in total. The van der Waals surface area contributed by atoms with Crippen LogP contribution < -0.4 is 4.74 Å². The van der Waals surface area contributed by atoms with Crippen molar-refractivity contribution < 1.29 is 9.13 Å². The summed E-state index contributed by atoms with van der Waals surface area (Å²) in [7, 11) is 0. The Morgan fingerprint density at radius 1 is 1.46 bits per heavy atom. The molecule has 13 heavy (non-hydrogen) atoms. The van der Waals surface area contributed by atoms with E-state index in [4.69, 9.17) is 4.74 Å². The van der Waals surface area contributed by atoms with Crippen LogP contribution in [-0.4, -0.2) is 6.10 Å². The molecule has 1 atom stereocenters. The van der Waals surface area contributed by atoms with Gasteiger partial charge in [0.05, 0.1) is 4.47 Å². The van der Waals surface area contributed by atoms with E-state index >= 15 is 0 Å². The molecule has 0 aromatic heterocycles. The third-order valence-corrected chi connectivity index (χ3v) is 2.48. The Morgan fingerprint density at radius 2 is 2.23 bits per heavy atom. The van der Waals surface area contributed by atoms with Crippen LogP contribution in [0.25, 0.3) is 6.08 Å². The van der Waals surface area contributed by atoms with E-state index in [2.05, 4.69) is 15.9 Å². The fourth-order valence-corrected chi connectivity index (χ4v) is 1.83. The molecule has 0 saturated carbocycles. The molecule has 0 N–H and O–H groups in total. The second-order valence-electron chi connectivity index (χ2n) is 2.99. The number of rotatable bonds is 0. The van der Waals surface area contributed by atoms with E-state index in [9.17, 15) is 4.39 Å². The Balaban J connectivity index is 2.56. The molecule has 1 heterocycles. The Labute approximate surface area is 84.3 Å². The molecule has 2 rings (SSSR count). The number of ether oxygens (including phenoxy) is 1. The molecule has 1 aliphatic heterocycles. The summed E-state index contributed by atoms with van der Waals surface area (Å²) in [5.41, 5.74) is 0.782. The zero-order valence-electron chi connectivity index (χ0n) is 7.05. The predicted octanol–water partition coefficient (Wildman–Crippen LogP) is 3.38. The van der Waals surface area contributed by atoms with Crippen molar-refractivity contribution in [3.63, 3.8) is 0 Å². The highest BCUT2D eigenvalue weighted by Gasteiger charge is 2.14. The number of halogens is 2. The standard InChI is InChI=1S/C10H8BrFO/c1-6-2-3-7-4-8(12)5-9(11)10(7)13-6/h2-6H,1H3. The predicted molar refractivity (Wildman–Crippen MR) is 53.2 cm³/mol. The molecule has 3 heteroatoms. The molecular formula is C10H8BrFO. The third-order valence-electron chi connectivity index (χ3n) is 1.89. The average molecular weight is 243 g/mol. The van der Waals surface area contributed by atoms with Crippen LogP contribution in [0.4, 0.5) is 4.39 Å². The second kappa shape index (κ2) is 3.14. The lowest BCUT2D eigenvalue weighted by molar-refractivity contribution is 0.264. The summed E-state index contributed by atoms with van der Waals surface area (Å²) in [6.45, 7) is 1.94. The van der Waals surface area contributed by atoms with E-state index in [1.54, 1.807) is 0 Å². The SMILES string of the molecule is CC1C=Cc2cc(F)cc(Br)c2O1. The fourth-order valence-electron chi connectivity index (χ4n) is 1.29. The van der Waals surface area contributed by atoms with E-state index in [-0.39, 0.29) is 11.9 Å². The van der Waals surface area contributed by atoms with Gasteiger partial charge < -0.3 is 4.74 Å². The van der Waals surface area contributed by atoms with Crippen molar-refractivity contribution >= 4 is 22.0 Å². The molecule has 1 aromatic rings. The molecule has 1 aromatic carbocycles. The van der Waals surface area contributed by atoms with Gasteiger partial charge in [-0.1, -0.05) is 6.08 Å². The number of fused-ring (bicyclic) bond motifs is 1. The van der Waals surface area contributed by atoms with E-state index in [1.165, 1.54) is 12.1 Å². The first-order chi connectivity index (χ1) is 6.16. The second-order valence-corrected chi connectivity index (χ2v) is 3.84. The minimum atomic E-state index is -0.256. The Hall–Kier alpha value is -0.830. The summed E-state index contributed by atoms with van der Waals surface area (Å²) in [6, 6.07) is 2.87. The molecular weight excluding hydrogens is 235 g/mol. The average Bonchev–Trinajstić information content (AvgIpc) is 2.06. The molecule has 0 fully saturated rings. The largest absolute Gasteiger partial charge is 0.485 e. The molecule has 1 aliphatic rings. The van der Waals surface area contributed by atoms with E-state index in [1.807, 2.05) is 19.1 Å². The Kier molecular flexibility index (Phi) is 2.12. The van der Waals surface area contributed by atoms with Gasteiger partial charge in [0, 0.05) is 5.56 Å². The molecule has 0 spiro atoms. The maximum Gasteiger partial charge on any atom is 0.141 e. The number of benzene rings is 1. The van der Waals surface area contributed by atoms with Gasteiger partial charge in [-0.3, -0.25) is 0 Å². The van der Waals surface area contributed by atoms with Gasteiger partial charge in [-0.25, -0.2) is 4.39 Å². The molecule has 0 aliphatic carbocycles. The van der Waals surface area contributed by atoms with E-state index in [0.717, 1.165) is 11.3 Å². The lowest BCUT2D eigenvalue weighted by atomic mass is 10.1. The highest BCUT2D eigenvalue weighted by molar-refractivity contribution is 9.10. The third kappa shape index (κ3) is 1.61. The zero-order chi connectivity index (χ0) is 9.42. The highest BCUT2D eigenvalue weighted by Crippen LogP contribution is 2.34. The number of hydrogen-bond donors (Lipinski definition) is 0. The van der Waals surface area contributed by atoms with Gasteiger partial charge in [0.1, 0.15) is 17.7 Å². The van der Waals surface area contributed by atoms with Crippen LogP contribution in [0, 0.1) is 5.82 Å². The van der Waals surface area contributed by atoms with Crippen LogP contribution in [0.2, 0.25) is 0 Å². The molecule has 68 valence electrons. The first kappa shape index (κ1) is 8.75. The summed E-state index contributed by atoms with van der Waals surface area (Å²) in [5, 5.41) is 0. The summed E-state index contributed by atoms with van der Waals surface area (Å²) in [6.07, 6.45) is 3.82. The Bertz CT molecular complexity index is 373. The monoisotopic (exact) mass is 242 g/mol. The van der Waals surface area contributed by atoms with Crippen LogP contribution in [-0.2, 0) is 0 Å². The molecule has 0 saturated heterocycles. The smallest absolute Gasteiger partial charge is 0.141 e. The van der Waals surface area contributed by atoms with Crippen LogP contribution in [0.3, 0.4) is 0 Å². The lowest BCUT2D eigenvalue weighted by Crippen LogP contribution is -2.12. The lowest BCUT2D eigenvalue weighted by Gasteiger charge is -2.19. The van der Waals surface area contributed by atoms with Crippen LogP contribution in [0.15, 0.2) is 22.7 Å². The molecule has 0 bridgehead atoms. The first-order valence-corrected chi connectivity index (χ1v) is 4.80. The van der Waals surface area contributed by atoms with Gasteiger partial charge in [-0.15, -0.1) is 0 Å². The fraction of sp³-hybridized carbons (Fsp3) is 0.200. The van der Waals surface area contributed by atoms with Crippen molar-refractivity contribution in [3.05, 3.63) is 34.1 Å². The van der Waals surface area contributed by atoms with Gasteiger partial charge in [0.15, 0.2) is 0 Å². The topological polar surface area (TPSA) is 9.23 Å². The zero-order valence-corrected chi connectivity index (χ0v) is 8.64. The minimum Gasteiger partial charge on any atom is -0.485 e. The van der Waals surface area contributed by atoms with Crippen LogP contribution in [0.1, 0.15) is 12.5 Å². The van der Waals surface area contributed by atoms with Crippen LogP contribution in [0.5, 0.6) is 5.75 Å². The summed E-state index contributed by atoms with van der Waals surface area (Å²) < 4.78 is 19.1. The van der Waals surface area contributed by atoms with Crippen molar-refractivity contribution in [1.82, 2.24) is 0 Å². The van der Waals surface area contributed by atoms with Gasteiger partial charge in [-0.05, 0) is 41.1 Å². The highest BCUT2D eigenvalue weighted by atomic mass is 79.9. The molecule has 0 amide bonds. The first-order valence-electron chi connectivity index (χ1n) is 4.01. The molecule has 1 unspecified atom stereocenters. The van der Waals surface area contributed by atoms with Gasteiger partial charge >= 0.3 is 0 Å². The van der Waals surface area contributed by atoms with Crippen molar-refractivity contribution in [1.29, 1.82) is 0 Å². The van der Waals surface area contributed by atoms with Crippen molar-refractivity contribution in [3.8, 4) is 5.75 Å². The van der Waals surface area contributed by atoms with E-state index < -0.39 is 0 Å². The Morgan fingerprint density at radius 3 is 3.00 bits per heavy atom. The van der Waals surface area contributed by atoms with Crippen molar-refractivity contribution in [2.45, 2.75) is 13.0 Å². The molecule has 0 radical (unpaired) electrons. The summed E-state index contributed by atoms with van der Waals surface area (Å²) in [5.74, 6) is 0.463. The van der Waals surface area contributed by atoms with Gasteiger partial charge in [0.2, 0.25) is 0 Å². The summed E-state index contributed by atoms with van der Waals surface area (Å²) in [4.78, 5) is 0. The quantitative estimate of drug-likeness (QED) is 0.678.